The van der Waals surface area contributed by atoms with E-state index in [-0.39, 0.29) is 0 Å². The summed E-state index contributed by atoms with van der Waals surface area (Å²) >= 11 is 5.82. The van der Waals surface area contributed by atoms with Crippen molar-refractivity contribution in [3.8, 4) is 5.75 Å². The molecule has 4 nitrogen and oxygen atoms in total. The molecule has 112 valence electrons. The van der Waals surface area contributed by atoms with Gasteiger partial charge in [0.25, 0.3) is 0 Å². The van der Waals surface area contributed by atoms with Gasteiger partial charge in [0.15, 0.2) is 0 Å². The van der Waals surface area contributed by atoms with Crippen molar-refractivity contribution in [2.75, 3.05) is 25.6 Å². The summed E-state index contributed by atoms with van der Waals surface area (Å²) in [6.45, 7) is 3.56. The molecule has 1 saturated heterocycles. The highest BCUT2D eigenvalue weighted by Crippen LogP contribution is 2.25. The van der Waals surface area contributed by atoms with Crippen molar-refractivity contribution in [2.45, 2.75) is 24.7 Å². The molecule has 1 aromatic rings. The smallest absolute Gasteiger partial charge is 0.243 e. The fraction of sp³-hybridized carbons (Fsp3) is 0.571. The third kappa shape index (κ3) is 3.45. The highest BCUT2D eigenvalue weighted by atomic mass is 35.5. The number of piperidine rings is 1. The zero-order valence-electron chi connectivity index (χ0n) is 11.6. The zero-order chi connectivity index (χ0) is 14.6. The fourth-order valence-electron chi connectivity index (χ4n) is 2.33. The van der Waals surface area contributed by atoms with Gasteiger partial charge in [-0.05, 0) is 49.9 Å². The van der Waals surface area contributed by atoms with Crippen LogP contribution in [-0.4, -0.2) is 38.3 Å². The first-order chi connectivity index (χ1) is 9.57. The minimum absolute atomic E-state index is 0.324. The lowest BCUT2D eigenvalue weighted by atomic mass is 10.0. The van der Waals surface area contributed by atoms with Gasteiger partial charge in [-0.25, -0.2) is 8.42 Å². The molecule has 2 rings (SSSR count). The van der Waals surface area contributed by atoms with Gasteiger partial charge in [-0.3, -0.25) is 0 Å². The first kappa shape index (κ1) is 15.6. The maximum absolute atomic E-state index is 12.5. The van der Waals surface area contributed by atoms with E-state index in [9.17, 15) is 8.42 Å². The molecule has 0 spiro atoms. The number of alkyl halides is 1. The summed E-state index contributed by atoms with van der Waals surface area (Å²) in [5, 5.41) is 0. The highest BCUT2D eigenvalue weighted by Gasteiger charge is 2.28. The van der Waals surface area contributed by atoms with Crippen LogP contribution in [0.25, 0.3) is 0 Å². The number of rotatable bonds is 5. The van der Waals surface area contributed by atoms with Crippen molar-refractivity contribution in [1.29, 1.82) is 0 Å². The third-order valence-corrected chi connectivity index (χ3v) is 5.91. The second-order valence-electron chi connectivity index (χ2n) is 4.91. The average molecular weight is 318 g/mol. The molecular formula is C14H20ClNO3S. The molecule has 1 heterocycles. The number of benzene rings is 1. The summed E-state index contributed by atoms with van der Waals surface area (Å²) in [7, 11) is -3.39. The van der Waals surface area contributed by atoms with Gasteiger partial charge in [0.1, 0.15) is 5.75 Å². The Morgan fingerprint density at radius 1 is 1.25 bits per heavy atom. The lowest BCUT2D eigenvalue weighted by Gasteiger charge is -2.30. The molecule has 1 aliphatic rings. The Bertz CT molecular complexity index is 522. The number of nitrogens with zero attached hydrogens (tertiary/aromatic N) is 1. The van der Waals surface area contributed by atoms with E-state index in [1.165, 1.54) is 0 Å². The molecule has 0 radical (unpaired) electrons. The molecule has 0 atom stereocenters. The average Bonchev–Trinajstić information content (AvgIpc) is 2.48. The van der Waals surface area contributed by atoms with Crippen LogP contribution in [0.4, 0.5) is 0 Å². The van der Waals surface area contributed by atoms with Gasteiger partial charge in [0.05, 0.1) is 11.5 Å². The number of hydrogen-bond donors (Lipinski definition) is 0. The third-order valence-electron chi connectivity index (χ3n) is 3.56. The normalized spacial score (nSPS) is 18.1. The van der Waals surface area contributed by atoms with Crippen molar-refractivity contribution >= 4 is 21.6 Å². The van der Waals surface area contributed by atoms with E-state index >= 15 is 0 Å². The Kier molecular flexibility index (Phi) is 5.29. The van der Waals surface area contributed by atoms with Crippen molar-refractivity contribution in [3.63, 3.8) is 0 Å². The van der Waals surface area contributed by atoms with Gasteiger partial charge >= 0.3 is 0 Å². The topological polar surface area (TPSA) is 46.6 Å². The van der Waals surface area contributed by atoms with Gasteiger partial charge in [-0.1, -0.05) is 0 Å². The van der Waals surface area contributed by atoms with Crippen molar-refractivity contribution < 1.29 is 13.2 Å². The summed E-state index contributed by atoms with van der Waals surface area (Å²) in [4.78, 5) is 0.324. The minimum Gasteiger partial charge on any atom is -0.494 e. The van der Waals surface area contributed by atoms with Gasteiger partial charge in [0.2, 0.25) is 10.0 Å². The lowest BCUT2D eigenvalue weighted by molar-refractivity contribution is 0.290. The van der Waals surface area contributed by atoms with Gasteiger partial charge in [-0.2, -0.15) is 4.31 Å². The van der Waals surface area contributed by atoms with Gasteiger partial charge in [0, 0.05) is 19.0 Å². The number of hydrogen-bond acceptors (Lipinski definition) is 3. The summed E-state index contributed by atoms with van der Waals surface area (Å²) < 4.78 is 31.9. The predicted molar refractivity (Wildman–Crippen MR) is 79.8 cm³/mol. The second kappa shape index (κ2) is 6.78. The van der Waals surface area contributed by atoms with Gasteiger partial charge < -0.3 is 4.74 Å². The first-order valence-corrected chi connectivity index (χ1v) is 8.84. The molecule has 6 heteroatoms. The Hall–Kier alpha value is -0.780. The molecule has 0 amide bonds. The largest absolute Gasteiger partial charge is 0.494 e. The van der Waals surface area contributed by atoms with Crippen LogP contribution >= 0.6 is 11.6 Å². The molecule has 0 N–H and O–H groups in total. The van der Waals surface area contributed by atoms with Crippen molar-refractivity contribution in [2.24, 2.45) is 5.92 Å². The molecule has 0 saturated carbocycles. The summed E-state index contributed by atoms with van der Waals surface area (Å²) in [6, 6.07) is 6.60. The Morgan fingerprint density at radius 3 is 2.35 bits per heavy atom. The zero-order valence-corrected chi connectivity index (χ0v) is 13.2. The summed E-state index contributed by atoms with van der Waals surface area (Å²) in [6.07, 6.45) is 1.67. The highest BCUT2D eigenvalue weighted by molar-refractivity contribution is 7.89. The van der Waals surface area contributed by atoms with E-state index in [4.69, 9.17) is 16.3 Å². The van der Waals surface area contributed by atoms with Crippen LogP contribution in [-0.2, 0) is 10.0 Å². The summed E-state index contributed by atoms with van der Waals surface area (Å²) in [5.74, 6) is 1.73. The van der Waals surface area contributed by atoms with E-state index in [2.05, 4.69) is 0 Å². The maximum Gasteiger partial charge on any atom is 0.243 e. The molecule has 1 aromatic carbocycles. The summed E-state index contributed by atoms with van der Waals surface area (Å²) in [5.41, 5.74) is 0. The monoisotopic (exact) mass is 317 g/mol. The van der Waals surface area contributed by atoms with Crippen LogP contribution in [0.1, 0.15) is 19.8 Å². The number of ether oxygens (including phenoxy) is 1. The second-order valence-corrected chi connectivity index (χ2v) is 7.15. The van der Waals surface area contributed by atoms with Crippen LogP contribution in [0.3, 0.4) is 0 Å². The quantitative estimate of drug-likeness (QED) is 0.784. The lowest BCUT2D eigenvalue weighted by Crippen LogP contribution is -2.38. The first-order valence-electron chi connectivity index (χ1n) is 6.87. The molecule has 0 bridgehead atoms. The Balaban J connectivity index is 2.10. The Labute approximate surface area is 125 Å². The van der Waals surface area contributed by atoms with E-state index in [1.807, 2.05) is 6.92 Å². The molecule has 0 aromatic heterocycles. The standard InChI is InChI=1S/C14H20ClNO3S/c1-2-19-13-3-5-14(6-4-13)20(17,18)16-9-7-12(11-15)8-10-16/h3-6,12H,2,7-11H2,1H3. The number of halogens is 1. The van der Waals surface area contributed by atoms with Crippen LogP contribution in [0.15, 0.2) is 29.2 Å². The van der Waals surface area contributed by atoms with Gasteiger partial charge in [-0.15, -0.1) is 11.6 Å². The molecule has 0 unspecified atom stereocenters. The Morgan fingerprint density at radius 2 is 1.85 bits per heavy atom. The molecule has 1 aliphatic heterocycles. The van der Waals surface area contributed by atoms with Crippen LogP contribution in [0.2, 0.25) is 0 Å². The van der Waals surface area contributed by atoms with Crippen molar-refractivity contribution in [1.82, 2.24) is 4.31 Å². The van der Waals surface area contributed by atoms with E-state index in [0.29, 0.717) is 42.1 Å². The van der Waals surface area contributed by atoms with E-state index in [1.54, 1.807) is 28.6 Å². The number of sulfonamides is 1. The van der Waals surface area contributed by atoms with Crippen molar-refractivity contribution in [3.05, 3.63) is 24.3 Å². The minimum atomic E-state index is -3.39. The van der Waals surface area contributed by atoms with E-state index < -0.39 is 10.0 Å². The van der Waals surface area contributed by atoms with Crippen LogP contribution < -0.4 is 4.74 Å². The molecule has 1 fully saturated rings. The van der Waals surface area contributed by atoms with Crippen LogP contribution in [0.5, 0.6) is 5.75 Å². The molecule has 20 heavy (non-hydrogen) atoms. The van der Waals surface area contributed by atoms with Crippen LogP contribution in [0, 0.1) is 5.92 Å². The predicted octanol–water partition coefficient (Wildman–Crippen LogP) is 2.72. The SMILES string of the molecule is CCOc1ccc(S(=O)(=O)N2CCC(CCl)CC2)cc1. The fourth-order valence-corrected chi connectivity index (χ4v) is 4.11. The molecular weight excluding hydrogens is 298 g/mol. The maximum atomic E-state index is 12.5. The van der Waals surface area contributed by atoms with E-state index in [0.717, 1.165) is 12.8 Å². The molecule has 0 aliphatic carbocycles.